The molecule has 3 aromatic rings. The van der Waals surface area contributed by atoms with Crippen molar-refractivity contribution in [2.75, 3.05) is 11.9 Å². The molecule has 0 spiro atoms. The predicted octanol–water partition coefficient (Wildman–Crippen LogP) is 6.04. The number of amides is 2. The third-order valence-electron chi connectivity index (χ3n) is 6.98. The van der Waals surface area contributed by atoms with Crippen LogP contribution in [0, 0.1) is 5.92 Å². The van der Waals surface area contributed by atoms with E-state index in [2.05, 4.69) is 25.6 Å². The highest BCUT2D eigenvalue weighted by Crippen LogP contribution is 2.38. The first-order valence-corrected chi connectivity index (χ1v) is 14.1. The largest absolute Gasteiger partial charge is 0.471 e. The van der Waals surface area contributed by atoms with Gasteiger partial charge in [0.2, 0.25) is 17.9 Å². The number of carbonyl (C=O) groups is 2. The van der Waals surface area contributed by atoms with Crippen molar-refractivity contribution < 1.29 is 54.6 Å². The Morgan fingerprint density at radius 1 is 1.07 bits per heavy atom. The number of hydrogen-bond acceptors (Lipinski definition) is 7. The van der Waals surface area contributed by atoms with Crippen LogP contribution in [0.4, 0.5) is 46.8 Å². The van der Waals surface area contributed by atoms with Crippen molar-refractivity contribution in [2.24, 2.45) is 5.92 Å². The highest BCUT2D eigenvalue weighted by Gasteiger charge is 2.44. The maximum absolute atomic E-state index is 13.1. The van der Waals surface area contributed by atoms with Crippen LogP contribution in [-0.4, -0.2) is 69.4 Å². The normalized spacial score (nSPS) is 18.0. The lowest BCUT2D eigenvalue weighted by Crippen LogP contribution is -2.43. The number of ether oxygens (including phenoxy) is 1. The van der Waals surface area contributed by atoms with Gasteiger partial charge in [-0.25, -0.2) is 8.78 Å². The quantitative estimate of drug-likeness (QED) is 0.162. The lowest BCUT2D eigenvalue weighted by Gasteiger charge is -2.30. The Bertz CT molecular complexity index is 1580. The summed E-state index contributed by atoms with van der Waals surface area (Å²) in [6.45, 7) is -1.65. The first kappa shape index (κ1) is 35.2. The van der Waals surface area contributed by atoms with Gasteiger partial charge in [-0.2, -0.15) is 36.3 Å². The van der Waals surface area contributed by atoms with E-state index in [1.54, 1.807) is 0 Å². The van der Waals surface area contributed by atoms with E-state index in [-0.39, 0.29) is 69.7 Å². The van der Waals surface area contributed by atoms with E-state index in [1.807, 2.05) is 5.32 Å². The SMILES string of the molecule is O=C(N[C@H]1CC[C@H](C(F)(F)F)CC1)c1cc2[nH]c(Nc3c(Cl)ccc(CNC(=O)C(O)C(F)(F)F)c3Cl)nc2nc1OCC(F)F. The molecule has 0 saturated heterocycles. The zero-order valence-corrected chi connectivity index (χ0v) is 24.6. The van der Waals surface area contributed by atoms with Crippen molar-refractivity contribution in [3.8, 4) is 5.88 Å². The molecule has 1 aliphatic carbocycles. The summed E-state index contributed by atoms with van der Waals surface area (Å²) in [6.07, 6.45) is -16.0. The highest BCUT2D eigenvalue weighted by molar-refractivity contribution is 6.39. The van der Waals surface area contributed by atoms with Crippen LogP contribution in [0.25, 0.3) is 11.2 Å². The molecule has 4 rings (SSSR count). The Hall–Kier alpha value is -3.64. The Morgan fingerprint density at radius 3 is 2.35 bits per heavy atom. The van der Waals surface area contributed by atoms with Gasteiger partial charge in [0, 0.05) is 12.6 Å². The molecule has 1 unspecified atom stereocenters. The molecular weight excluding hydrogens is 683 g/mol. The van der Waals surface area contributed by atoms with Gasteiger partial charge >= 0.3 is 12.4 Å². The van der Waals surface area contributed by atoms with Crippen LogP contribution in [0.3, 0.4) is 0 Å². The number of benzene rings is 1. The third-order valence-corrected chi connectivity index (χ3v) is 7.73. The van der Waals surface area contributed by atoms with E-state index in [0.717, 1.165) is 0 Å². The number of pyridine rings is 1. The smallest absolute Gasteiger partial charge is 0.423 e. The second-order valence-electron chi connectivity index (χ2n) is 10.2. The standard InChI is InChI=1S/C26H24Cl2F8N6O4/c27-14-6-1-10(8-37-22(45)19(43)26(34,35)36)17(28)18(14)40-24-39-15-7-13(23(41-20(15)42-24)46-9-16(29)30)21(44)38-12-4-2-11(3-5-12)25(31,32)33/h1,6-7,11-12,16,19,43H,2-5,8-9H2,(H,37,45)(H,38,44)(H2,39,40,41,42)/t11-,12-,19?. The number of anilines is 2. The first-order chi connectivity index (χ1) is 21.4. The molecule has 10 nitrogen and oxygen atoms in total. The molecule has 2 amide bonds. The molecule has 2 heterocycles. The van der Waals surface area contributed by atoms with Crippen LogP contribution in [-0.2, 0) is 11.3 Å². The zero-order valence-electron chi connectivity index (χ0n) is 23.1. The van der Waals surface area contributed by atoms with E-state index in [1.165, 1.54) is 18.2 Å². The second kappa shape index (κ2) is 14.0. The monoisotopic (exact) mass is 706 g/mol. The summed E-state index contributed by atoms with van der Waals surface area (Å²) < 4.78 is 108. The molecule has 20 heteroatoms. The number of rotatable bonds is 10. The van der Waals surface area contributed by atoms with Gasteiger partial charge in [-0.15, -0.1) is 0 Å². The van der Waals surface area contributed by atoms with Crippen LogP contribution in [0.15, 0.2) is 18.2 Å². The number of hydrogen-bond donors (Lipinski definition) is 5. The molecule has 0 aliphatic heterocycles. The summed E-state index contributed by atoms with van der Waals surface area (Å²) in [5.41, 5.74) is -0.250. The van der Waals surface area contributed by atoms with Gasteiger partial charge in [0.05, 0.1) is 27.2 Å². The Morgan fingerprint density at radius 2 is 1.74 bits per heavy atom. The van der Waals surface area contributed by atoms with Crippen molar-refractivity contribution in [2.45, 2.75) is 63.2 Å². The van der Waals surface area contributed by atoms with Crippen molar-refractivity contribution in [1.82, 2.24) is 25.6 Å². The minimum atomic E-state index is -5.18. The molecule has 252 valence electrons. The molecule has 0 bridgehead atoms. The number of imidazole rings is 1. The number of aliphatic hydroxyl groups excluding tert-OH is 1. The third kappa shape index (κ3) is 8.58. The van der Waals surface area contributed by atoms with Crippen molar-refractivity contribution in [3.63, 3.8) is 0 Å². The summed E-state index contributed by atoms with van der Waals surface area (Å²) in [5.74, 6) is -4.63. The Kier molecular flexibility index (Phi) is 10.7. The molecular formula is C26H24Cl2F8N6O4. The number of aromatic nitrogens is 3. The number of fused-ring (bicyclic) bond motifs is 1. The number of carbonyl (C=O) groups excluding carboxylic acids is 2. The molecule has 1 atom stereocenters. The van der Waals surface area contributed by atoms with Gasteiger partial charge in [-0.3, -0.25) is 9.59 Å². The number of H-pyrrole nitrogens is 1. The molecule has 1 aliphatic rings. The number of aromatic amines is 1. The summed E-state index contributed by atoms with van der Waals surface area (Å²) in [5, 5.41) is 16.2. The minimum Gasteiger partial charge on any atom is -0.471 e. The lowest BCUT2D eigenvalue weighted by molar-refractivity contribution is -0.205. The van der Waals surface area contributed by atoms with Crippen molar-refractivity contribution in [1.29, 1.82) is 0 Å². The number of halogens is 10. The molecule has 5 N–H and O–H groups in total. The molecule has 1 aromatic carbocycles. The molecule has 1 saturated carbocycles. The molecule has 1 fully saturated rings. The molecule has 2 aromatic heterocycles. The molecule has 46 heavy (non-hydrogen) atoms. The lowest BCUT2D eigenvalue weighted by atomic mass is 9.85. The minimum absolute atomic E-state index is 0.00471. The number of aliphatic hydroxyl groups is 1. The zero-order chi connectivity index (χ0) is 34.0. The summed E-state index contributed by atoms with van der Waals surface area (Å²) >= 11 is 12.6. The van der Waals surface area contributed by atoms with Crippen LogP contribution in [0.5, 0.6) is 5.88 Å². The van der Waals surface area contributed by atoms with Gasteiger partial charge < -0.3 is 30.8 Å². The van der Waals surface area contributed by atoms with Crippen LogP contribution >= 0.6 is 23.2 Å². The fourth-order valence-corrected chi connectivity index (χ4v) is 5.15. The fourth-order valence-electron chi connectivity index (χ4n) is 4.62. The number of alkyl halides is 8. The molecule has 0 radical (unpaired) electrons. The summed E-state index contributed by atoms with van der Waals surface area (Å²) in [4.78, 5) is 35.7. The summed E-state index contributed by atoms with van der Waals surface area (Å²) in [6, 6.07) is 3.20. The van der Waals surface area contributed by atoms with Crippen LogP contribution < -0.4 is 20.7 Å². The van der Waals surface area contributed by atoms with E-state index in [0.29, 0.717) is 0 Å². The van der Waals surface area contributed by atoms with Gasteiger partial charge in [0.25, 0.3) is 18.2 Å². The average molecular weight is 707 g/mol. The highest BCUT2D eigenvalue weighted by atomic mass is 35.5. The van der Waals surface area contributed by atoms with Crippen LogP contribution in [0.2, 0.25) is 10.0 Å². The predicted molar refractivity (Wildman–Crippen MR) is 148 cm³/mol. The van der Waals surface area contributed by atoms with Gasteiger partial charge in [-0.1, -0.05) is 29.3 Å². The maximum atomic E-state index is 13.1. The van der Waals surface area contributed by atoms with E-state index < -0.39 is 67.7 Å². The maximum Gasteiger partial charge on any atom is 0.423 e. The first-order valence-electron chi connectivity index (χ1n) is 13.4. The van der Waals surface area contributed by atoms with E-state index in [4.69, 9.17) is 33.0 Å². The second-order valence-corrected chi connectivity index (χ2v) is 11.0. The number of nitrogens with zero attached hydrogens (tertiary/aromatic N) is 2. The van der Waals surface area contributed by atoms with Crippen molar-refractivity contribution in [3.05, 3.63) is 39.4 Å². The summed E-state index contributed by atoms with van der Waals surface area (Å²) in [7, 11) is 0. The van der Waals surface area contributed by atoms with Crippen molar-refractivity contribution >= 4 is 57.8 Å². The fraction of sp³-hybridized carbons (Fsp3) is 0.462. The van der Waals surface area contributed by atoms with Gasteiger partial charge in [-0.05, 0) is 43.4 Å². The van der Waals surface area contributed by atoms with E-state index >= 15 is 0 Å². The van der Waals surface area contributed by atoms with E-state index in [9.17, 15) is 44.7 Å². The van der Waals surface area contributed by atoms with Gasteiger partial charge in [0.15, 0.2) is 12.3 Å². The van der Waals surface area contributed by atoms with Gasteiger partial charge in [0.1, 0.15) is 5.56 Å². The average Bonchev–Trinajstić information content (AvgIpc) is 3.37. The van der Waals surface area contributed by atoms with Crippen LogP contribution in [0.1, 0.15) is 41.6 Å². The Labute approximate surface area is 264 Å². The number of nitrogens with one attached hydrogen (secondary N) is 4. The topological polar surface area (TPSA) is 141 Å². The Balaban J connectivity index is 1.55.